The Labute approximate surface area is 170 Å². The van der Waals surface area contributed by atoms with Crippen molar-refractivity contribution in [3.05, 3.63) is 83.4 Å². The number of hydrogen-bond acceptors (Lipinski definition) is 2. The SMILES string of the molecule is Cc1ccc(OCCCCn2c(-c3ccccc3Cl)nc3ccccc32)cc1. The predicted molar refractivity (Wildman–Crippen MR) is 116 cm³/mol. The van der Waals surface area contributed by atoms with Gasteiger partial charge in [0.1, 0.15) is 11.6 Å². The van der Waals surface area contributed by atoms with Gasteiger partial charge in [-0.1, -0.05) is 53.6 Å². The summed E-state index contributed by atoms with van der Waals surface area (Å²) in [5.41, 5.74) is 4.34. The number of para-hydroxylation sites is 2. The molecule has 0 bridgehead atoms. The Morgan fingerprint density at radius 1 is 0.893 bits per heavy atom. The van der Waals surface area contributed by atoms with Crippen LogP contribution in [-0.4, -0.2) is 16.2 Å². The number of ether oxygens (including phenoxy) is 1. The standard InChI is InChI=1S/C24H23ClN2O/c1-18-12-14-19(15-13-18)28-17-7-6-16-27-23-11-5-4-10-22(23)26-24(27)20-8-2-3-9-21(20)25/h2-5,8-15H,6-7,16-17H2,1H3. The number of benzene rings is 3. The highest BCUT2D eigenvalue weighted by atomic mass is 35.5. The summed E-state index contributed by atoms with van der Waals surface area (Å²) in [5.74, 6) is 1.85. The van der Waals surface area contributed by atoms with Crippen molar-refractivity contribution in [2.24, 2.45) is 0 Å². The Kier molecular flexibility index (Phi) is 5.63. The maximum Gasteiger partial charge on any atom is 0.142 e. The monoisotopic (exact) mass is 390 g/mol. The van der Waals surface area contributed by atoms with Crippen molar-refractivity contribution in [2.45, 2.75) is 26.3 Å². The number of halogens is 1. The Morgan fingerprint density at radius 3 is 2.46 bits per heavy atom. The lowest BCUT2D eigenvalue weighted by Crippen LogP contribution is -2.04. The van der Waals surface area contributed by atoms with Crippen LogP contribution >= 0.6 is 11.6 Å². The van der Waals surface area contributed by atoms with Crippen molar-refractivity contribution >= 4 is 22.6 Å². The summed E-state index contributed by atoms with van der Waals surface area (Å²) in [5, 5.41) is 0.724. The molecule has 4 rings (SSSR count). The Bertz CT molecular complexity index is 1070. The summed E-state index contributed by atoms with van der Waals surface area (Å²) in [6.45, 7) is 3.66. The van der Waals surface area contributed by atoms with Crippen LogP contribution in [0.4, 0.5) is 0 Å². The highest BCUT2D eigenvalue weighted by Gasteiger charge is 2.14. The first-order chi connectivity index (χ1) is 13.7. The molecule has 0 fully saturated rings. The van der Waals surface area contributed by atoms with Crippen molar-refractivity contribution in [1.82, 2.24) is 9.55 Å². The number of hydrogen-bond donors (Lipinski definition) is 0. The van der Waals surface area contributed by atoms with Gasteiger partial charge in [0.05, 0.1) is 22.7 Å². The van der Waals surface area contributed by atoms with Crippen LogP contribution in [0.3, 0.4) is 0 Å². The van der Waals surface area contributed by atoms with Crippen molar-refractivity contribution in [3.8, 4) is 17.1 Å². The van der Waals surface area contributed by atoms with E-state index in [1.165, 1.54) is 5.56 Å². The predicted octanol–water partition coefficient (Wildman–Crippen LogP) is 6.52. The Morgan fingerprint density at radius 2 is 1.64 bits per heavy atom. The largest absolute Gasteiger partial charge is 0.494 e. The number of nitrogens with zero attached hydrogens (tertiary/aromatic N) is 2. The van der Waals surface area contributed by atoms with E-state index < -0.39 is 0 Å². The van der Waals surface area contributed by atoms with Crippen LogP contribution in [0.25, 0.3) is 22.4 Å². The highest BCUT2D eigenvalue weighted by Crippen LogP contribution is 2.30. The van der Waals surface area contributed by atoms with Gasteiger partial charge in [-0.3, -0.25) is 0 Å². The van der Waals surface area contributed by atoms with E-state index in [2.05, 4.69) is 35.8 Å². The summed E-state index contributed by atoms with van der Waals surface area (Å²) < 4.78 is 8.12. The lowest BCUT2D eigenvalue weighted by molar-refractivity contribution is 0.303. The van der Waals surface area contributed by atoms with E-state index in [0.717, 1.165) is 52.6 Å². The smallest absolute Gasteiger partial charge is 0.142 e. The first-order valence-electron chi connectivity index (χ1n) is 9.62. The summed E-state index contributed by atoms with van der Waals surface area (Å²) in [7, 11) is 0. The van der Waals surface area contributed by atoms with Gasteiger partial charge in [0.2, 0.25) is 0 Å². The molecule has 0 spiro atoms. The van der Waals surface area contributed by atoms with E-state index >= 15 is 0 Å². The number of unbranched alkanes of at least 4 members (excludes halogenated alkanes) is 1. The maximum atomic E-state index is 6.45. The third-order valence-corrected chi connectivity index (χ3v) is 5.16. The van der Waals surface area contributed by atoms with Crippen LogP contribution in [0.2, 0.25) is 5.02 Å². The zero-order valence-electron chi connectivity index (χ0n) is 15.9. The van der Waals surface area contributed by atoms with E-state index in [1.54, 1.807) is 0 Å². The lowest BCUT2D eigenvalue weighted by atomic mass is 10.2. The van der Waals surface area contributed by atoms with Crippen LogP contribution < -0.4 is 4.74 Å². The third-order valence-electron chi connectivity index (χ3n) is 4.84. The normalized spacial score (nSPS) is 11.1. The number of aryl methyl sites for hydroxylation is 2. The molecule has 0 saturated heterocycles. The molecular formula is C24H23ClN2O. The van der Waals surface area contributed by atoms with Crippen LogP contribution in [0, 0.1) is 6.92 Å². The molecule has 0 aliphatic rings. The molecule has 3 nitrogen and oxygen atoms in total. The quantitative estimate of drug-likeness (QED) is 0.335. The van der Waals surface area contributed by atoms with Gasteiger partial charge in [-0.25, -0.2) is 4.98 Å². The minimum atomic E-state index is 0.705. The fourth-order valence-electron chi connectivity index (χ4n) is 3.35. The average molecular weight is 391 g/mol. The summed E-state index contributed by atoms with van der Waals surface area (Å²) in [6, 6.07) is 24.3. The lowest BCUT2D eigenvalue weighted by Gasteiger charge is -2.11. The van der Waals surface area contributed by atoms with Crippen molar-refractivity contribution < 1.29 is 4.74 Å². The molecule has 0 N–H and O–H groups in total. The molecular weight excluding hydrogens is 368 g/mol. The number of aromatic nitrogens is 2. The van der Waals surface area contributed by atoms with E-state index in [-0.39, 0.29) is 0 Å². The van der Waals surface area contributed by atoms with Gasteiger partial charge in [-0.2, -0.15) is 0 Å². The van der Waals surface area contributed by atoms with Gasteiger partial charge in [-0.15, -0.1) is 0 Å². The van der Waals surface area contributed by atoms with Crippen molar-refractivity contribution in [3.63, 3.8) is 0 Å². The average Bonchev–Trinajstić information content (AvgIpc) is 3.08. The molecule has 0 radical (unpaired) electrons. The molecule has 0 aliphatic heterocycles. The Hall–Kier alpha value is -2.78. The molecule has 0 atom stereocenters. The number of imidazole rings is 1. The van der Waals surface area contributed by atoms with Gasteiger partial charge < -0.3 is 9.30 Å². The van der Waals surface area contributed by atoms with Crippen LogP contribution in [0.1, 0.15) is 18.4 Å². The second-order valence-corrected chi connectivity index (χ2v) is 7.33. The van der Waals surface area contributed by atoms with Crippen LogP contribution in [0.5, 0.6) is 5.75 Å². The fourth-order valence-corrected chi connectivity index (χ4v) is 3.57. The van der Waals surface area contributed by atoms with Crippen molar-refractivity contribution in [1.29, 1.82) is 0 Å². The molecule has 0 unspecified atom stereocenters. The summed E-state index contributed by atoms with van der Waals surface area (Å²) in [4.78, 5) is 4.85. The third kappa shape index (κ3) is 4.05. The van der Waals surface area contributed by atoms with Gasteiger partial charge >= 0.3 is 0 Å². The number of fused-ring (bicyclic) bond motifs is 1. The van der Waals surface area contributed by atoms with Crippen molar-refractivity contribution in [2.75, 3.05) is 6.61 Å². The van der Waals surface area contributed by atoms with E-state index in [4.69, 9.17) is 21.3 Å². The molecule has 28 heavy (non-hydrogen) atoms. The van der Waals surface area contributed by atoms with E-state index in [0.29, 0.717) is 6.61 Å². The fraction of sp³-hybridized carbons (Fsp3) is 0.208. The molecule has 1 heterocycles. The van der Waals surface area contributed by atoms with E-state index in [9.17, 15) is 0 Å². The summed E-state index contributed by atoms with van der Waals surface area (Å²) in [6.07, 6.45) is 1.98. The molecule has 4 heteroatoms. The Balaban J connectivity index is 1.47. The molecule has 0 amide bonds. The minimum Gasteiger partial charge on any atom is -0.494 e. The number of rotatable bonds is 7. The minimum absolute atomic E-state index is 0.705. The molecule has 1 aromatic heterocycles. The maximum absolute atomic E-state index is 6.45. The molecule has 3 aromatic carbocycles. The van der Waals surface area contributed by atoms with Crippen LogP contribution in [-0.2, 0) is 6.54 Å². The first kappa shape index (κ1) is 18.6. The van der Waals surface area contributed by atoms with Gasteiger partial charge in [0.15, 0.2) is 0 Å². The molecule has 4 aromatic rings. The first-order valence-corrected chi connectivity index (χ1v) is 10.00. The molecule has 0 aliphatic carbocycles. The van der Waals surface area contributed by atoms with E-state index in [1.807, 2.05) is 48.5 Å². The zero-order chi connectivity index (χ0) is 19.3. The molecule has 0 saturated carbocycles. The van der Waals surface area contributed by atoms with Crippen LogP contribution in [0.15, 0.2) is 72.8 Å². The second-order valence-electron chi connectivity index (χ2n) is 6.92. The van der Waals surface area contributed by atoms with Gasteiger partial charge in [-0.05, 0) is 56.2 Å². The zero-order valence-corrected chi connectivity index (χ0v) is 16.7. The summed E-state index contributed by atoms with van der Waals surface area (Å²) >= 11 is 6.45. The molecule has 142 valence electrons. The topological polar surface area (TPSA) is 27.1 Å². The second kappa shape index (κ2) is 8.49. The van der Waals surface area contributed by atoms with Gasteiger partial charge in [0, 0.05) is 12.1 Å². The van der Waals surface area contributed by atoms with Gasteiger partial charge in [0.25, 0.3) is 0 Å². The highest BCUT2D eigenvalue weighted by molar-refractivity contribution is 6.33.